The van der Waals surface area contributed by atoms with Crippen molar-refractivity contribution >= 4 is 5.95 Å². The Balaban J connectivity index is 1.69. The van der Waals surface area contributed by atoms with Gasteiger partial charge in [-0.25, -0.2) is 9.97 Å². The van der Waals surface area contributed by atoms with E-state index in [1.54, 1.807) is 18.7 Å². The first kappa shape index (κ1) is 16.0. The van der Waals surface area contributed by atoms with E-state index in [4.69, 9.17) is 4.42 Å². The number of anilines is 1. The van der Waals surface area contributed by atoms with E-state index < -0.39 is 0 Å². The highest BCUT2D eigenvalue weighted by atomic mass is 16.3. The lowest BCUT2D eigenvalue weighted by atomic mass is 10.0. The fourth-order valence-electron chi connectivity index (χ4n) is 3.21. The van der Waals surface area contributed by atoms with Crippen molar-refractivity contribution in [2.45, 2.75) is 39.2 Å². The quantitative estimate of drug-likeness (QED) is 0.845. The molecule has 1 N–H and O–H groups in total. The summed E-state index contributed by atoms with van der Waals surface area (Å²) >= 11 is 0. The summed E-state index contributed by atoms with van der Waals surface area (Å²) in [7, 11) is 0. The molecule has 2 aromatic rings. The lowest BCUT2D eigenvalue weighted by Gasteiger charge is -2.26. The van der Waals surface area contributed by atoms with Crippen LogP contribution in [0.4, 0.5) is 5.95 Å². The number of aromatic nitrogens is 2. The summed E-state index contributed by atoms with van der Waals surface area (Å²) in [6.07, 6.45) is 8.94. The Kier molecular flexibility index (Phi) is 5.28. The average molecular weight is 314 g/mol. The van der Waals surface area contributed by atoms with Gasteiger partial charge in [-0.05, 0) is 50.4 Å². The maximum atomic E-state index is 5.14. The second-order valence-electron chi connectivity index (χ2n) is 6.76. The molecule has 1 atom stereocenters. The predicted molar refractivity (Wildman–Crippen MR) is 92.3 cm³/mol. The highest BCUT2D eigenvalue weighted by Gasteiger charge is 2.19. The Bertz CT molecular complexity index is 591. The van der Waals surface area contributed by atoms with Gasteiger partial charge >= 0.3 is 0 Å². The lowest BCUT2D eigenvalue weighted by Crippen LogP contribution is -2.36. The van der Waals surface area contributed by atoms with E-state index in [1.165, 1.54) is 25.9 Å². The molecule has 3 rings (SSSR count). The Morgan fingerprint density at radius 3 is 2.78 bits per heavy atom. The number of hydrogen-bond acceptors (Lipinski definition) is 5. The van der Waals surface area contributed by atoms with Gasteiger partial charge in [-0.3, -0.25) is 0 Å². The van der Waals surface area contributed by atoms with Crippen LogP contribution in [0.25, 0.3) is 11.3 Å². The molecule has 0 saturated carbocycles. The second-order valence-corrected chi connectivity index (χ2v) is 6.76. The van der Waals surface area contributed by atoms with Gasteiger partial charge in [0, 0.05) is 24.3 Å². The molecule has 0 spiro atoms. The SMILES string of the molecule is CC(C)C[C@@H](CN1CCCC1)Nc1nccc(-c2ccoc2)n1. The van der Waals surface area contributed by atoms with Gasteiger partial charge in [-0.2, -0.15) is 0 Å². The zero-order chi connectivity index (χ0) is 16.1. The summed E-state index contributed by atoms with van der Waals surface area (Å²) in [6.45, 7) is 8.03. The van der Waals surface area contributed by atoms with E-state index in [1.807, 2.05) is 12.1 Å². The van der Waals surface area contributed by atoms with Crippen molar-refractivity contribution in [3.8, 4) is 11.3 Å². The number of furan rings is 1. The first-order valence-electron chi connectivity index (χ1n) is 8.55. The van der Waals surface area contributed by atoms with Crippen LogP contribution in [-0.4, -0.2) is 40.5 Å². The molecule has 0 bridgehead atoms. The van der Waals surface area contributed by atoms with Gasteiger partial charge in [0.2, 0.25) is 5.95 Å². The summed E-state index contributed by atoms with van der Waals surface area (Å²) in [5.41, 5.74) is 1.87. The highest BCUT2D eigenvalue weighted by Crippen LogP contribution is 2.19. The monoisotopic (exact) mass is 314 g/mol. The molecule has 1 fully saturated rings. The van der Waals surface area contributed by atoms with Crippen molar-refractivity contribution in [1.29, 1.82) is 0 Å². The van der Waals surface area contributed by atoms with Crippen LogP contribution >= 0.6 is 0 Å². The molecule has 2 aromatic heterocycles. The minimum atomic E-state index is 0.382. The summed E-state index contributed by atoms with van der Waals surface area (Å²) in [5.74, 6) is 1.35. The Morgan fingerprint density at radius 2 is 2.09 bits per heavy atom. The molecule has 5 nitrogen and oxygen atoms in total. The van der Waals surface area contributed by atoms with Gasteiger partial charge in [-0.1, -0.05) is 13.8 Å². The van der Waals surface area contributed by atoms with Crippen molar-refractivity contribution in [1.82, 2.24) is 14.9 Å². The molecule has 1 saturated heterocycles. The van der Waals surface area contributed by atoms with E-state index >= 15 is 0 Å². The van der Waals surface area contributed by atoms with Crippen LogP contribution < -0.4 is 5.32 Å². The molecule has 0 aromatic carbocycles. The molecular formula is C18H26N4O. The molecule has 0 unspecified atom stereocenters. The van der Waals surface area contributed by atoms with Crippen LogP contribution in [0, 0.1) is 5.92 Å². The largest absolute Gasteiger partial charge is 0.472 e. The molecule has 1 aliphatic heterocycles. The number of nitrogens with one attached hydrogen (secondary N) is 1. The fraction of sp³-hybridized carbons (Fsp3) is 0.556. The molecule has 0 aliphatic carbocycles. The van der Waals surface area contributed by atoms with E-state index in [2.05, 4.69) is 34.0 Å². The van der Waals surface area contributed by atoms with E-state index in [0.717, 1.165) is 24.2 Å². The maximum Gasteiger partial charge on any atom is 0.223 e. The number of rotatable bonds is 7. The van der Waals surface area contributed by atoms with Gasteiger partial charge < -0.3 is 14.6 Å². The molecule has 5 heteroatoms. The minimum Gasteiger partial charge on any atom is -0.472 e. The zero-order valence-corrected chi connectivity index (χ0v) is 14.0. The second kappa shape index (κ2) is 7.59. The van der Waals surface area contributed by atoms with Crippen LogP contribution in [0.3, 0.4) is 0 Å². The van der Waals surface area contributed by atoms with Crippen LogP contribution in [0.1, 0.15) is 33.1 Å². The molecule has 124 valence electrons. The van der Waals surface area contributed by atoms with Crippen LogP contribution in [0.2, 0.25) is 0 Å². The Hall–Kier alpha value is -1.88. The van der Waals surface area contributed by atoms with Gasteiger partial charge in [0.25, 0.3) is 0 Å². The molecule has 23 heavy (non-hydrogen) atoms. The van der Waals surface area contributed by atoms with E-state index in [0.29, 0.717) is 17.9 Å². The Morgan fingerprint density at radius 1 is 1.26 bits per heavy atom. The topological polar surface area (TPSA) is 54.2 Å². The number of nitrogens with zero attached hydrogens (tertiary/aromatic N) is 3. The maximum absolute atomic E-state index is 5.14. The summed E-state index contributed by atoms with van der Waals surface area (Å²) in [6, 6.07) is 4.21. The number of hydrogen-bond donors (Lipinski definition) is 1. The molecular weight excluding hydrogens is 288 g/mol. The van der Waals surface area contributed by atoms with Gasteiger partial charge in [-0.15, -0.1) is 0 Å². The fourth-order valence-corrected chi connectivity index (χ4v) is 3.21. The Labute approximate surface area is 138 Å². The van der Waals surface area contributed by atoms with E-state index in [-0.39, 0.29) is 0 Å². The molecule has 1 aliphatic rings. The first-order chi connectivity index (χ1) is 11.2. The van der Waals surface area contributed by atoms with Crippen molar-refractivity contribution in [3.05, 3.63) is 30.9 Å². The zero-order valence-electron chi connectivity index (χ0n) is 14.0. The third kappa shape index (κ3) is 4.55. The van der Waals surface area contributed by atoms with Crippen LogP contribution in [0.15, 0.2) is 35.3 Å². The molecule has 3 heterocycles. The van der Waals surface area contributed by atoms with E-state index in [9.17, 15) is 0 Å². The van der Waals surface area contributed by atoms with Crippen LogP contribution in [-0.2, 0) is 0 Å². The first-order valence-corrected chi connectivity index (χ1v) is 8.55. The van der Waals surface area contributed by atoms with Crippen molar-refractivity contribution in [2.75, 3.05) is 25.0 Å². The van der Waals surface area contributed by atoms with Crippen molar-refractivity contribution < 1.29 is 4.42 Å². The normalized spacial score (nSPS) is 16.8. The summed E-state index contributed by atoms with van der Waals surface area (Å²) in [4.78, 5) is 11.6. The predicted octanol–water partition coefficient (Wildman–Crippen LogP) is 3.66. The smallest absolute Gasteiger partial charge is 0.223 e. The van der Waals surface area contributed by atoms with Crippen LogP contribution in [0.5, 0.6) is 0 Å². The minimum absolute atomic E-state index is 0.382. The van der Waals surface area contributed by atoms with Gasteiger partial charge in [0.05, 0.1) is 18.2 Å². The van der Waals surface area contributed by atoms with Crippen molar-refractivity contribution in [2.24, 2.45) is 5.92 Å². The third-order valence-electron chi connectivity index (χ3n) is 4.24. The molecule has 0 amide bonds. The lowest BCUT2D eigenvalue weighted by molar-refractivity contribution is 0.305. The molecule has 0 radical (unpaired) electrons. The average Bonchev–Trinajstić information content (AvgIpc) is 3.20. The van der Waals surface area contributed by atoms with Gasteiger partial charge in [0.1, 0.15) is 0 Å². The summed E-state index contributed by atoms with van der Waals surface area (Å²) < 4.78 is 5.14. The number of likely N-dealkylation sites (tertiary alicyclic amines) is 1. The van der Waals surface area contributed by atoms with Crippen molar-refractivity contribution in [3.63, 3.8) is 0 Å². The third-order valence-corrected chi connectivity index (χ3v) is 4.24. The van der Waals surface area contributed by atoms with Gasteiger partial charge in [0.15, 0.2) is 0 Å². The highest BCUT2D eigenvalue weighted by molar-refractivity contribution is 5.58. The summed E-state index contributed by atoms with van der Waals surface area (Å²) in [5, 5.41) is 3.55. The standard InChI is InChI=1S/C18H26N4O/c1-14(2)11-16(12-22-8-3-4-9-22)20-18-19-7-5-17(21-18)15-6-10-23-13-15/h5-7,10,13-14,16H,3-4,8-9,11-12H2,1-2H3,(H,19,20,21)/t16-/m0/s1.